The number of carbonyl (C=O) groups excluding carboxylic acids is 1. The van der Waals surface area contributed by atoms with E-state index in [1.54, 1.807) is 10.7 Å². The van der Waals surface area contributed by atoms with Crippen molar-refractivity contribution in [2.45, 2.75) is 29.7 Å². The Morgan fingerprint density at radius 3 is 2.63 bits per heavy atom. The molecule has 0 bridgehead atoms. The summed E-state index contributed by atoms with van der Waals surface area (Å²) in [6.07, 6.45) is 2.87. The quantitative estimate of drug-likeness (QED) is 0.373. The van der Waals surface area contributed by atoms with Gasteiger partial charge >= 0.3 is 0 Å². The van der Waals surface area contributed by atoms with E-state index in [2.05, 4.69) is 15.1 Å². The number of hydrogen-bond acceptors (Lipinski definition) is 5. The first-order valence-corrected chi connectivity index (χ1v) is 11.2. The number of nitrogens with zero attached hydrogens (tertiary/aromatic N) is 4. The first-order valence-electron chi connectivity index (χ1n) is 9.47. The lowest BCUT2D eigenvalue weighted by molar-refractivity contribution is 0.0962. The van der Waals surface area contributed by atoms with Crippen molar-refractivity contribution in [3.8, 4) is 0 Å². The second-order valence-electron chi connectivity index (χ2n) is 7.24. The van der Waals surface area contributed by atoms with Crippen molar-refractivity contribution in [2.24, 2.45) is 0 Å². The Morgan fingerprint density at radius 2 is 1.83 bits per heavy atom. The minimum absolute atomic E-state index is 0.0678. The third kappa shape index (κ3) is 3.95. The first-order chi connectivity index (χ1) is 14.5. The highest BCUT2D eigenvalue weighted by Crippen LogP contribution is 2.33. The lowest BCUT2D eigenvalue weighted by atomic mass is 9.82. The molecule has 0 amide bonds. The molecule has 1 atom stereocenters. The SMILES string of the molecule is O=C1C[C@H](c2cccc(Cl)c2)Cc2nc3nc(SCc4cccc(Cl)c4)nn3cc21. The van der Waals surface area contributed by atoms with Gasteiger partial charge in [0.05, 0.1) is 11.3 Å². The van der Waals surface area contributed by atoms with Crippen molar-refractivity contribution < 1.29 is 4.79 Å². The van der Waals surface area contributed by atoms with Crippen LogP contribution in [-0.2, 0) is 12.2 Å². The van der Waals surface area contributed by atoms with Crippen LogP contribution in [-0.4, -0.2) is 25.4 Å². The number of fused-ring (bicyclic) bond motifs is 2. The van der Waals surface area contributed by atoms with Gasteiger partial charge < -0.3 is 0 Å². The van der Waals surface area contributed by atoms with Gasteiger partial charge in [0, 0.05) is 28.4 Å². The molecule has 0 fully saturated rings. The molecule has 4 aromatic rings. The Hall–Kier alpha value is -2.41. The minimum Gasteiger partial charge on any atom is -0.294 e. The summed E-state index contributed by atoms with van der Waals surface area (Å²) in [6.45, 7) is 0. The highest BCUT2D eigenvalue weighted by atomic mass is 35.5. The van der Waals surface area contributed by atoms with E-state index in [0.717, 1.165) is 16.8 Å². The van der Waals surface area contributed by atoms with E-state index in [1.807, 2.05) is 48.5 Å². The molecule has 1 aliphatic carbocycles. The average Bonchev–Trinajstić information content (AvgIpc) is 3.13. The van der Waals surface area contributed by atoms with Gasteiger partial charge in [0.1, 0.15) is 0 Å². The number of ketones is 1. The molecule has 0 spiro atoms. The summed E-state index contributed by atoms with van der Waals surface area (Å²) in [5, 5.41) is 6.48. The van der Waals surface area contributed by atoms with Crippen LogP contribution in [0.5, 0.6) is 0 Å². The van der Waals surface area contributed by atoms with Crippen LogP contribution in [0.25, 0.3) is 5.78 Å². The number of aromatic nitrogens is 4. The van der Waals surface area contributed by atoms with Gasteiger partial charge in [-0.25, -0.2) is 9.50 Å². The fraction of sp³-hybridized carbons (Fsp3) is 0.182. The minimum atomic E-state index is 0.0678. The zero-order chi connectivity index (χ0) is 20.7. The Morgan fingerprint density at radius 1 is 1.03 bits per heavy atom. The topological polar surface area (TPSA) is 60.2 Å². The number of thioether (sulfide) groups is 1. The Balaban J connectivity index is 1.41. The molecule has 150 valence electrons. The van der Waals surface area contributed by atoms with Crippen molar-refractivity contribution in [1.82, 2.24) is 19.6 Å². The molecule has 0 saturated carbocycles. The Bertz CT molecular complexity index is 1270. The van der Waals surface area contributed by atoms with Crippen molar-refractivity contribution >= 4 is 46.5 Å². The van der Waals surface area contributed by atoms with Gasteiger partial charge in [-0.15, -0.1) is 5.10 Å². The van der Waals surface area contributed by atoms with Crippen LogP contribution in [0.2, 0.25) is 10.0 Å². The molecule has 2 aromatic carbocycles. The fourth-order valence-electron chi connectivity index (χ4n) is 3.70. The lowest BCUT2D eigenvalue weighted by Gasteiger charge is -2.23. The molecule has 0 aliphatic heterocycles. The van der Waals surface area contributed by atoms with E-state index in [1.165, 1.54) is 11.8 Å². The monoisotopic (exact) mass is 454 g/mol. The number of halogens is 2. The second kappa shape index (κ2) is 8.02. The van der Waals surface area contributed by atoms with Crippen LogP contribution in [0.3, 0.4) is 0 Å². The van der Waals surface area contributed by atoms with Gasteiger partial charge in [-0.2, -0.15) is 4.98 Å². The van der Waals surface area contributed by atoms with Gasteiger partial charge in [-0.1, -0.05) is 59.2 Å². The maximum absolute atomic E-state index is 12.8. The molecule has 0 saturated heterocycles. The summed E-state index contributed by atoms with van der Waals surface area (Å²) in [5.41, 5.74) is 3.54. The highest BCUT2D eigenvalue weighted by Gasteiger charge is 2.28. The van der Waals surface area contributed by atoms with Gasteiger partial charge in [-0.05, 0) is 47.7 Å². The Kier molecular flexibility index (Phi) is 5.23. The van der Waals surface area contributed by atoms with E-state index >= 15 is 0 Å². The molecule has 5 nitrogen and oxygen atoms in total. The summed E-state index contributed by atoms with van der Waals surface area (Å²) in [6, 6.07) is 15.4. The molecular weight excluding hydrogens is 439 g/mol. The molecule has 2 heterocycles. The predicted molar refractivity (Wildman–Crippen MR) is 119 cm³/mol. The maximum atomic E-state index is 12.8. The van der Waals surface area contributed by atoms with Crippen LogP contribution in [0.1, 0.15) is 39.5 Å². The third-order valence-corrected chi connectivity index (χ3v) is 6.52. The first kappa shape index (κ1) is 19.5. The lowest BCUT2D eigenvalue weighted by Crippen LogP contribution is -2.21. The normalized spacial score (nSPS) is 16.1. The van der Waals surface area contributed by atoms with Gasteiger partial charge in [0.15, 0.2) is 5.78 Å². The fourth-order valence-corrected chi connectivity index (χ4v) is 4.88. The predicted octanol–water partition coefficient (Wildman–Crippen LogP) is 5.64. The third-order valence-electron chi connectivity index (χ3n) is 5.14. The van der Waals surface area contributed by atoms with Crippen molar-refractivity contribution in [3.63, 3.8) is 0 Å². The molecule has 1 aliphatic rings. The van der Waals surface area contributed by atoms with Crippen LogP contribution in [0.4, 0.5) is 0 Å². The standard InChI is InChI=1S/C22H16Cl2N4OS/c23-16-5-1-3-13(7-16)12-30-22-26-21-25-19-9-15(14-4-2-6-17(24)8-14)10-20(29)18(19)11-28(21)27-22/h1-8,11,15H,9-10,12H2/t15-/m1/s1. The van der Waals surface area contributed by atoms with E-state index in [0.29, 0.717) is 45.1 Å². The molecular formula is C22H16Cl2N4OS. The molecule has 0 N–H and O–H groups in total. The van der Waals surface area contributed by atoms with Gasteiger partial charge in [-0.3, -0.25) is 4.79 Å². The van der Waals surface area contributed by atoms with Crippen LogP contribution < -0.4 is 0 Å². The van der Waals surface area contributed by atoms with E-state index < -0.39 is 0 Å². The Labute approximate surface area is 187 Å². The van der Waals surface area contributed by atoms with Crippen LogP contribution in [0.15, 0.2) is 59.9 Å². The molecule has 30 heavy (non-hydrogen) atoms. The summed E-state index contributed by atoms with van der Waals surface area (Å²) >= 11 is 13.7. The summed E-state index contributed by atoms with van der Waals surface area (Å²) in [4.78, 5) is 22.0. The van der Waals surface area contributed by atoms with Crippen LogP contribution in [0, 0.1) is 0 Å². The van der Waals surface area contributed by atoms with Crippen molar-refractivity contribution in [1.29, 1.82) is 0 Å². The smallest absolute Gasteiger partial charge is 0.253 e. The zero-order valence-corrected chi connectivity index (χ0v) is 18.1. The van der Waals surface area contributed by atoms with Crippen LogP contribution >= 0.6 is 35.0 Å². The van der Waals surface area contributed by atoms with Gasteiger partial charge in [0.2, 0.25) is 5.16 Å². The van der Waals surface area contributed by atoms with E-state index in [-0.39, 0.29) is 11.7 Å². The summed E-state index contributed by atoms with van der Waals surface area (Å²) in [7, 11) is 0. The second-order valence-corrected chi connectivity index (χ2v) is 9.06. The molecule has 5 rings (SSSR count). The number of Topliss-reactive ketones (excluding diaryl/α,β-unsaturated/α-hetero) is 1. The van der Waals surface area contributed by atoms with Gasteiger partial charge in [0.25, 0.3) is 5.78 Å². The number of benzene rings is 2. The zero-order valence-electron chi connectivity index (χ0n) is 15.8. The molecule has 8 heteroatoms. The summed E-state index contributed by atoms with van der Waals surface area (Å²) in [5.74, 6) is 1.34. The van der Waals surface area contributed by atoms with Crippen molar-refractivity contribution in [2.75, 3.05) is 0 Å². The molecule has 0 unspecified atom stereocenters. The number of rotatable bonds is 4. The molecule has 2 aromatic heterocycles. The maximum Gasteiger partial charge on any atom is 0.253 e. The molecule has 0 radical (unpaired) electrons. The number of carbonyl (C=O) groups is 1. The average molecular weight is 455 g/mol. The van der Waals surface area contributed by atoms with Crippen molar-refractivity contribution in [3.05, 3.63) is 87.2 Å². The summed E-state index contributed by atoms with van der Waals surface area (Å²) < 4.78 is 1.59. The van der Waals surface area contributed by atoms with E-state index in [4.69, 9.17) is 23.2 Å². The number of hydrogen-bond donors (Lipinski definition) is 0. The highest BCUT2D eigenvalue weighted by molar-refractivity contribution is 7.98. The van der Waals surface area contributed by atoms with E-state index in [9.17, 15) is 4.79 Å². The largest absolute Gasteiger partial charge is 0.294 e.